The van der Waals surface area contributed by atoms with E-state index < -0.39 is 17.8 Å². The van der Waals surface area contributed by atoms with Crippen LogP contribution in [0.3, 0.4) is 0 Å². The topological polar surface area (TPSA) is 164 Å². The van der Waals surface area contributed by atoms with E-state index in [1.807, 2.05) is 26.0 Å². The van der Waals surface area contributed by atoms with Gasteiger partial charge in [0, 0.05) is 34.4 Å². The monoisotopic (exact) mass is 554 g/mol. The molecular weight excluding hydrogens is 520 g/mol. The number of hydrogen-bond donors (Lipinski definition) is 5. The quantitative estimate of drug-likeness (QED) is 0.0884. The molecule has 0 aromatic heterocycles. The van der Waals surface area contributed by atoms with Crippen LogP contribution in [0, 0.1) is 5.41 Å². The summed E-state index contributed by atoms with van der Waals surface area (Å²) in [5.41, 5.74) is 14.1. The number of carbonyl (C=O) groups is 3. The minimum atomic E-state index is -0.618. The first-order valence-electron chi connectivity index (χ1n) is 12.2. The number of nitrogen functional groups attached to an aromatic ring is 2. The second-order valence-electron chi connectivity index (χ2n) is 9.10. The number of esters is 1. The normalized spacial score (nSPS) is 11.3. The predicted molar refractivity (Wildman–Crippen MR) is 154 cm³/mol. The van der Waals surface area contributed by atoms with Gasteiger partial charge < -0.3 is 26.8 Å². The lowest BCUT2D eigenvalue weighted by atomic mass is 10.0. The molecule has 0 saturated heterocycles. The zero-order valence-corrected chi connectivity index (χ0v) is 23.3. The number of ether oxygens (including phenoxy) is 1. The summed E-state index contributed by atoms with van der Waals surface area (Å²) in [7, 11) is 1.24. The van der Waals surface area contributed by atoms with Gasteiger partial charge >= 0.3 is 5.97 Å². The molecule has 2 amide bonds. The standard InChI is InChI=1S/C28H35ClN6O4/c1-16(2)34-18(4)27(37)35(15-24(36)33-11-10-19-6-8-20(9-7-19)26(31)32)25(17(3)29)21-12-22(28(38)39-5)14-23(30)13-21/h6-9,12-14,16,34H,4,10-11,15,30H2,1-3,5H3,(H3,31,32)(H,33,36)/b25-17+. The van der Waals surface area contributed by atoms with E-state index in [9.17, 15) is 14.4 Å². The fourth-order valence-electron chi connectivity index (χ4n) is 3.79. The van der Waals surface area contributed by atoms with Gasteiger partial charge in [-0.3, -0.25) is 19.9 Å². The number of carbonyl (C=O) groups excluding carboxylic acids is 3. The molecule has 2 aromatic carbocycles. The van der Waals surface area contributed by atoms with Gasteiger partial charge in [-0.25, -0.2) is 4.79 Å². The van der Waals surface area contributed by atoms with E-state index in [-0.39, 0.29) is 46.1 Å². The number of methoxy groups -OCH3 is 1. The summed E-state index contributed by atoms with van der Waals surface area (Å²) >= 11 is 6.47. The average Bonchev–Trinajstić information content (AvgIpc) is 2.86. The molecular formula is C28H35ClN6O4. The van der Waals surface area contributed by atoms with Crippen molar-refractivity contribution < 1.29 is 19.1 Å². The third-order valence-electron chi connectivity index (χ3n) is 5.51. The molecule has 0 aliphatic heterocycles. The number of amidine groups is 1. The van der Waals surface area contributed by atoms with E-state index in [4.69, 9.17) is 33.2 Å². The van der Waals surface area contributed by atoms with Crippen molar-refractivity contribution in [3.8, 4) is 0 Å². The van der Waals surface area contributed by atoms with Crippen molar-refractivity contribution in [3.05, 3.63) is 82.0 Å². The number of nitrogens with two attached hydrogens (primary N) is 2. The first-order chi connectivity index (χ1) is 18.3. The molecule has 0 fully saturated rings. The van der Waals surface area contributed by atoms with E-state index in [2.05, 4.69) is 17.2 Å². The molecule has 10 nitrogen and oxygen atoms in total. The molecule has 11 heteroatoms. The van der Waals surface area contributed by atoms with Gasteiger partial charge in [0.05, 0.1) is 24.1 Å². The second-order valence-corrected chi connectivity index (χ2v) is 9.66. The van der Waals surface area contributed by atoms with Crippen LogP contribution in [0.1, 0.15) is 47.8 Å². The zero-order valence-electron chi connectivity index (χ0n) is 22.6. The van der Waals surface area contributed by atoms with Crippen LogP contribution < -0.4 is 22.1 Å². The minimum Gasteiger partial charge on any atom is -0.465 e. The van der Waals surface area contributed by atoms with Crippen LogP contribution in [-0.2, 0) is 20.7 Å². The number of anilines is 1. The Morgan fingerprint density at radius 1 is 1.10 bits per heavy atom. The van der Waals surface area contributed by atoms with Crippen LogP contribution in [0.4, 0.5) is 5.69 Å². The fourth-order valence-corrected chi connectivity index (χ4v) is 4.00. The lowest BCUT2D eigenvalue weighted by Gasteiger charge is -2.28. The molecule has 0 spiro atoms. The molecule has 0 aliphatic carbocycles. The van der Waals surface area contributed by atoms with Gasteiger partial charge in [-0.2, -0.15) is 0 Å². The molecule has 0 aliphatic rings. The maximum atomic E-state index is 13.5. The molecule has 208 valence electrons. The summed E-state index contributed by atoms with van der Waals surface area (Å²) in [5.74, 6) is -1.65. The maximum Gasteiger partial charge on any atom is 0.337 e. The Bertz CT molecular complexity index is 1280. The number of benzene rings is 2. The van der Waals surface area contributed by atoms with Crippen LogP contribution in [0.2, 0.25) is 0 Å². The Morgan fingerprint density at radius 3 is 2.26 bits per heavy atom. The van der Waals surface area contributed by atoms with E-state index in [0.717, 1.165) is 5.56 Å². The lowest BCUT2D eigenvalue weighted by Crippen LogP contribution is -2.43. The highest BCUT2D eigenvalue weighted by molar-refractivity contribution is 6.32. The Hall–Kier alpha value is -4.31. The van der Waals surface area contributed by atoms with E-state index in [1.54, 1.807) is 25.1 Å². The SMILES string of the molecule is C=C(NC(C)C)C(=O)N(CC(=O)NCCc1ccc(C(=N)N)cc1)/C(=C(\C)Cl)c1cc(N)cc(C(=O)OC)c1. The second kappa shape index (κ2) is 14.0. The minimum absolute atomic E-state index is 0.0227. The van der Waals surface area contributed by atoms with Crippen molar-refractivity contribution >= 4 is 46.6 Å². The Kier molecular flexibility index (Phi) is 11.1. The molecule has 2 aromatic rings. The van der Waals surface area contributed by atoms with Gasteiger partial charge in [0.1, 0.15) is 12.4 Å². The van der Waals surface area contributed by atoms with Crippen molar-refractivity contribution in [2.75, 3.05) is 25.9 Å². The van der Waals surface area contributed by atoms with Gasteiger partial charge in [0.25, 0.3) is 5.91 Å². The van der Waals surface area contributed by atoms with Crippen LogP contribution in [0.15, 0.2) is 59.8 Å². The number of nitrogens with one attached hydrogen (secondary N) is 3. The van der Waals surface area contributed by atoms with Crippen molar-refractivity contribution in [2.24, 2.45) is 5.73 Å². The molecule has 0 heterocycles. The van der Waals surface area contributed by atoms with Gasteiger partial charge in [0.2, 0.25) is 5.91 Å². The third kappa shape index (κ3) is 8.89. The number of allylic oxidation sites excluding steroid dienone is 1. The largest absolute Gasteiger partial charge is 0.465 e. The van der Waals surface area contributed by atoms with Gasteiger partial charge in [-0.15, -0.1) is 0 Å². The van der Waals surface area contributed by atoms with Gasteiger partial charge in [-0.1, -0.05) is 42.4 Å². The first kappa shape index (κ1) is 30.9. The molecule has 2 rings (SSSR count). The molecule has 39 heavy (non-hydrogen) atoms. The Labute approximate surface area is 233 Å². The average molecular weight is 555 g/mol. The maximum absolute atomic E-state index is 13.5. The third-order valence-corrected chi connectivity index (χ3v) is 5.69. The molecule has 0 radical (unpaired) electrons. The number of amides is 2. The smallest absolute Gasteiger partial charge is 0.337 e. The number of halogens is 1. The summed E-state index contributed by atoms with van der Waals surface area (Å²) in [6, 6.07) is 11.5. The summed E-state index contributed by atoms with van der Waals surface area (Å²) in [4.78, 5) is 39.9. The summed E-state index contributed by atoms with van der Waals surface area (Å²) in [5, 5.41) is 13.5. The number of hydrogen-bond acceptors (Lipinski definition) is 7. The predicted octanol–water partition coefficient (Wildman–Crippen LogP) is 2.97. The molecule has 7 N–H and O–H groups in total. The molecule has 0 bridgehead atoms. The Balaban J connectivity index is 2.34. The van der Waals surface area contributed by atoms with Crippen LogP contribution in [0.5, 0.6) is 0 Å². The van der Waals surface area contributed by atoms with Gasteiger partial charge in [-0.05, 0) is 51.0 Å². The number of nitrogens with zero attached hydrogens (tertiary/aromatic N) is 1. The van der Waals surface area contributed by atoms with E-state index in [1.165, 1.54) is 24.1 Å². The summed E-state index contributed by atoms with van der Waals surface area (Å²) < 4.78 is 4.81. The van der Waals surface area contributed by atoms with Crippen LogP contribution in [-0.4, -0.2) is 54.8 Å². The Morgan fingerprint density at radius 2 is 1.72 bits per heavy atom. The summed E-state index contributed by atoms with van der Waals surface area (Å²) in [6.07, 6.45) is 0.522. The molecule has 0 atom stereocenters. The zero-order chi connectivity index (χ0) is 29.3. The van der Waals surface area contributed by atoms with Crippen molar-refractivity contribution in [1.29, 1.82) is 5.41 Å². The van der Waals surface area contributed by atoms with E-state index >= 15 is 0 Å². The number of rotatable bonds is 12. The van der Waals surface area contributed by atoms with Gasteiger partial charge in [0.15, 0.2) is 0 Å². The highest BCUT2D eigenvalue weighted by Gasteiger charge is 2.27. The van der Waals surface area contributed by atoms with Crippen molar-refractivity contribution in [1.82, 2.24) is 15.5 Å². The summed E-state index contributed by atoms with van der Waals surface area (Å²) in [6.45, 7) is 9.03. The van der Waals surface area contributed by atoms with Crippen LogP contribution >= 0.6 is 11.6 Å². The van der Waals surface area contributed by atoms with Crippen molar-refractivity contribution in [3.63, 3.8) is 0 Å². The molecule has 0 unspecified atom stereocenters. The van der Waals surface area contributed by atoms with E-state index in [0.29, 0.717) is 24.1 Å². The lowest BCUT2D eigenvalue weighted by molar-refractivity contribution is -0.130. The van der Waals surface area contributed by atoms with Crippen LogP contribution in [0.25, 0.3) is 5.70 Å². The highest BCUT2D eigenvalue weighted by atomic mass is 35.5. The highest BCUT2D eigenvalue weighted by Crippen LogP contribution is 2.29. The first-order valence-corrected chi connectivity index (χ1v) is 12.5. The molecule has 0 saturated carbocycles. The fraction of sp³-hybridized carbons (Fsp3) is 0.286. The van der Waals surface area contributed by atoms with Crippen molar-refractivity contribution in [2.45, 2.75) is 33.2 Å².